The molecule has 0 bridgehead atoms. The monoisotopic (exact) mass is 339 g/mol. The van der Waals surface area contributed by atoms with Crippen molar-refractivity contribution in [2.24, 2.45) is 0 Å². The van der Waals surface area contributed by atoms with Crippen LogP contribution in [0.25, 0.3) is 0 Å². The molecule has 3 rings (SSSR count). The summed E-state index contributed by atoms with van der Waals surface area (Å²) in [6.45, 7) is 4.20. The Morgan fingerprint density at radius 3 is 2.78 bits per heavy atom. The molecule has 2 aliphatic heterocycles. The number of likely N-dealkylation sites (tertiary alicyclic amines) is 1. The first kappa shape index (κ1) is 16.2. The molecule has 0 saturated carbocycles. The van der Waals surface area contributed by atoms with Crippen molar-refractivity contribution in [1.82, 2.24) is 10.2 Å². The topological polar surface area (TPSA) is 76.8 Å². The van der Waals surface area contributed by atoms with E-state index in [1.807, 2.05) is 6.92 Å². The Labute approximate surface area is 140 Å². The first-order chi connectivity index (χ1) is 11.0. The van der Waals surface area contributed by atoms with Gasteiger partial charge in [-0.15, -0.1) is 0 Å². The van der Waals surface area contributed by atoms with E-state index in [0.717, 1.165) is 25.9 Å². The fourth-order valence-corrected chi connectivity index (χ4v) is 3.10. The van der Waals surface area contributed by atoms with Gasteiger partial charge in [0.2, 0.25) is 0 Å². The lowest BCUT2D eigenvalue weighted by Gasteiger charge is -2.30. The van der Waals surface area contributed by atoms with Crippen molar-refractivity contribution >= 4 is 23.2 Å². The molecule has 23 heavy (non-hydrogen) atoms. The van der Waals surface area contributed by atoms with Crippen LogP contribution in [0.5, 0.6) is 11.5 Å². The van der Waals surface area contributed by atoms with Crippen LogP contribution in [0.2, 0.25) is 5.02 Å². The van der Waals surface area contributed by atoms with E-state index in [-0.39, 0.29) is 18.1 Å². The second kappa shape index (κ2) is 6.45. The predicted molar refractivity (Wildman–Crippen MR) is 89.4 cm³/mol. The molecule has 3 N–H and O–H groups in total. The smallest absolute Gasteiger partial charge is 0.255 e. The Morgan fingerprint density at radius 1 is 1.39 bits per heavy atom. The third kappa shape index (κ3) is 3.33. The molecule has 1 unspecified atom stereocenters. The van der Waals surface area contributed by atoms with Crippen LogP contribution in [-0.2, 0) is 0 Å². The van der Waals surface area contributed by atoms with Gasteiger partial charge in [-0.05, 0) is 46.0 Å². The highest BCUT2D eigenvalue weighted by molar-refractivity contribution is 6.34. The number of fused-ring (bicyclic) bond motifs is 1. The van der Waals surface area contributed by atoms with E-state index in [4.69, 9.17) is 26.8 Å². The minimum absolute atomic E-state index is 0.131. The maximum Gasteiger partial charge on any atom is 0.255 e. The fourth-order valence-electron chi connectivity index (χ4n) is 2.90. The molecule has 2 heterocycles. The van der Waals surface area contributed by atoms with Crippen LogP contribution in [0.3, 0.4) is 0 Å². The number of benzene rings is 1. The van der Waals surface area contributed by atoms with Crippen molar-refractivity contribution in [3.8, 4) is 11.5 Å². The highest BCUT2D eigenvalue weighted by Gasteiger charge is 2.29. The fraction of sp³-hybridized carbons (Fsp3) is 0.562. The van der Waals surface area contributed by atoms with Gasteiger partial charge in [-0.3, -0.25) is 4.79 Å². The number of hydrogen-bond donors (Lipinski definition) is 2. The van der Waals surface area contributed by atoms with Crippen LogP contribution in [0.1, 0.15) is 30.1 Å². The van der Waals surface area contributed by atoms with Crippen LogP contribution >= 0.6 is 11.6 Å². The van der Waals surface area contributed by atoms with Gasteiger partial charge in [0.05, 0.1) is 16.3 Å². The molecule has 7 heteroatoms. The number of nitrogen functional groups attached to an aromatic ring is 1. The first-order valence-electron chi connectivity index (χ1n) is 7.86. The van der Waals surface area contributed by atoms with Crippen molar-refractivity contribution in [1.29, 1.82) is 0 Å². The van der Waals surface area contributed by atoms with E-state index in [9.17, 15) is 4.79 Å². The summed E-state index contributed by atoms with van der Waals surface area (Å²) in [6, 6.07) is 1.72. The molecule has 1 aromatic rings. The van der Waals surface area contributed by atoms with Crippen LogP contribution in [-0.4, -0.2) is 49.7 Å². The Bertz CT molecular complexity index is 615. The van der Waals surface area contributed by atoms with Gasteiger partial charge in [0, 0.05) is 6.04 Å². The second-order valence-corrected chi connectivity index (χ2v) is 6.68. The molecule has 0 aliphatic carbocycles. The summed E-state index contributed by atoms with van der Waals surface area (Å²) in [5.74, 6) is 0.552. The van der Waals surface area contributed by atoms with Crippen molar-refractivity contribution in [3.05, 3.63) is 16.7 Å². The highest BCUT2D eigenvalue weighted by Crippen LogP contribution is 2.44. The molecule has 0 radical (unpaired) electrons. The highest BCUT2D eigenvalue weighted by atomic mass is 35.5. The molecule has 1 amide bonds. The molecule has 126 valence electrons. The summed E-state index contributed by atoms with van der Waals surface area (Å²) < 4.78 is 11.4. The van der Waals surface area contributed by atoms with E-state index < -0.39 is 0 Å². The largest absolute Gasteiger partial charge is 0.485 e. The predicted octanol–water partition coefficient (Wildman–Crippen LogP) is 1.91. The van der Waals surface area contributed by atoms with Gasteiger partial charge in [-0.1, -0.05) is 11.6 Å². The maximum atomic E-state index is 12.7. The minimum atomic E-state index is -0.198. The Morgan fingerprint density at radius 2 is 2.09 bits per heavy atom. The van der Waals surface area contributed by atoms with Crippen molar-refractivity contribution < 1.29 is 14.3 Å². The van der Waals surface area contributed by atoms with Crippen LogP contribution in [0.15, 0.2) is 6.07 Å². The molecule has 1 fully saturated rings. The maximum absolute atomic E-state index is 12.7. The van der Waals surface area contributed by atoms with Gasteiger partial charge in [0.1, 0.15) is 12.7 Å². The van der Waals surface area contributed by atoms with E-state index in [0.29, 0.717) is 34.4 Å². The number of nitrogens with one attached hydrogen (secondary N) is 1. The quantitative estimate of drug-likeness (QED) is 0.805. The average Bonchev–Trinajstić information content (AvgIpc) is 2.53. The average molecular weight is 340 g/mol. The first-order valence-corrected chi connectivity index (χ1v) is 8.24. The normalized spacial score (nSPS) is 22.0. The number of carbonyl (C=O) groups is 1. The molecule has 1 atom stereocenters. The summed E-state index contributed by atoms with van der Waals surface area (Å²) in [6.07, 6.45) is 1.73. The molecular weight excluding hydrogens is 318 g/mol. The summed E-state index contributed by atoms with van der Waals surface area (Å²) in [7, 11) is 2.08. The number of nitrogens with two attached hydrogens (primary N) is 1. The minimum Gasteiger partial charge on any atom is -0.485 e. The lowest BCUT2D eigenvalue weighted by Crippen LogP contribution is -2.43. The Balaban J connectivity index is 1.83. The zero-order chi connectivity index (χ0) is 16.6. The summed E-state index contributed by atoms with van der Waals surface area (Å²) in [5, 5.41) is 3.36. The van der Waals surface area contributed by atoms with Crippen LogP contribution < -0.4 is 20.5 Å². The zero-order valence-electron chi connectivity index (χ0n) is 13.4. The van der Waals surface area contributed by atoms with Crippen molar-refractivity contribution in [3.63, 3.8) is 0 Å². The summed E-state index contributed by atoms with van der Waals surface area (Å²) in [4.78, 5) is 14.9. The van der Waals surface area contributed by atoms with Gasteiger partial charge in [-0.2, -0.15) is 0 Å². The molecule has 0 spiro atoms. The standard InChI is InChI=1S/C16H22ClN3O3/c1-9-8-22-14-11(7-12(17)13(18)15(14)23-9)16(21)19-10-3-5-20(2)6-4-10/h7,9-10H,3-6,8,18H2,1-2H3,(H,19,21). The Kier molecular flexibility index (Phi) is 4.55. The van der Waals surface area contributed by atoms with E-state index >= 15 is 0 Å². The number of rotatable bonds is 2. The summed E-state index contributed by atoms with van der Waals surface area (Å²) in [5.41, 5.74) is 6.65. The van der Waals surface area contributed by atoms with Gasteiger partial charge in [0.25, 0.3) is 5.91 Å². The van der Waals surface area contributed by atoms with Crippen molar-refractivity contribution in [2.75, 3.05) is 32.5 Å². The number of anilines is 1. The lowest BCUT2D eigenvalue weighted by molar-refractivity contribution is 0.0874. The number of nitrogens with zero attached hydrogens (tertiary/aromatic N) is 1. The Hall–Kier alpha value is -1.66. The molecule has 2 aliphatic rings. The third-order valence-electron chi connectivity index (χ3n) is 4.30. The summed E-state index contributed by atoms with van der Waals surface area (Å²) >= 11 is 6.16. The van der Waals surface area contributed by atoms with E-state index in [2.05, 4.69) is 17.3 Å². The van der Waals surface area contributed by atoms with E-state index in [1.165, 1.54) is 0 Å². The SMILES string of the molecule is CC1COc2c(C(=O)NC3CCN(C)CC3)cc(Cl)c(N)c2O1. The lowest BCUT2D eigenvalue weighted by atomic mass is 10.0. The number of halogens is 1. The molecule has 0 aromatic heterocycles. The molecule has 6 nitrogen and oxygen atoms in total. The van der Waals surface area contributed by atoms with E-state index in [1.54, 1.807) is 6.07 Å². The third-order valence-corrected chi connectivity index (χ3v) is 4.62. The number of amides is 1. The number of carbonyl (C=O) groups excluding carboxylic acids is 1. The number of hydrogen-bond acceptors (Lipinski definition) is 5. The number of piperidine rings is 1. The zero-order valence-corrected chi connectivity index (χ0v) is 14.2. The molecule has 1 saturated heterocycles. The van der Waals surface area contributed by atoms with Gasteiger partial charge in [-0.25, -0.2) is 0 Å². The van der Waals surface area contributed by atoms with Gasteiger partial charge in [0.15, 0.2) is 11.5 Å². The number of ether oxygens (including phenoxy) is 2. The van der Waals surface area contributed by atoms with Gasteiger partial charge >= 0.3 is 0 Å². The van der Waals surface area contributed by atoms with Crippen LogP contribution in [0, 0.1) is 0 Å². The second-order valence-electron chi connectivity index (χ2n) is 6.27. The van der Waals surface area contributed by atoms with Gasteiger partial charge < -0.3 is 25.4 Å². The molecule has 1 aromatic carbocycles. The van der Waals surface area contributed by atoms with Crippen molar-refractivity contribution in [2.45, 2.75) is 31.9 Å². The molecular formula is C16H22ClN3O3. The van der Waals surface area contributed by atoms with Crippen LogP contribution in [0.4, 0.5) is 5.69 Å².